The summed E-state index contributed by atoms with van der Waals surface area (Å²) in [6.07, 6.45) is 6.42. The van der Waals surface area contributed by atoms with Crippen LogP contribution in [0.25, 0.3) is 11.1 Å². The molecule has 0 saturated carbocycles. The van der Waals surface area contributed by atoms with Crippen LogP contribution in [-0.2, 0) is 32.5 Å². The van der Waals surface area contributed by atoms with E-state index in [9.17, 15) is 13.2 Å². The lowest BCUT2D eigenvalue weighted by Crippen LogP contribution is -2.52. The third kappa shape index (κ3) is 6.92. The highest BCUT2D eigenvalue weighted by atomic mass is 32.2. The van der Waals surface area contributed by atoms with Gasteiger partial charge in [-0.3, -0.25) is 4.98 Å². The van der Waals surface area contributed by atoms with Gasteiger partial charge in [0.2, 0.25) is 0 Å². The van der Waals surface area contributed by atoms with Crippen LogP contribution in [0.15, 0.2) is 66.9 Å². The van der Waals surface area contributed by atoms with Gasteiger partial charge in [-0.15, -0.1) is 0 Å². The van der Waals surface area contributed by atoms with E-state index in [1.807, 2.05) is 42.2 Å². The van der Waals surface area contributed by atoms with E-state index in [4.69, 9.17) is 9.47 Å². The van der Waals surface area contributed by atoms with Crippen molar-refractivity contribution in [2.45, 2.75) is 82.0 Å². The smallest absolute Gasteiger partial charge is 0.410 e. The van der Waals surface area contributed by atoms with E-state index in [-0.39, 0.29) is 23.2 Å². The van der Waals surface area contributed by atoms with Gasteiger partial charge in [0.05, 0.1) is 17.2 Å². The maximum atomic E-state index is 12.8. The molecule has 41 heavy (non-hydrogen) atoms. The Morgan fingerprint density at radius 2 is 1.68 bits per heavy atom. The van der Waals surface area contributed by atoms with Gasteiger partial charge in [-0.1, -0.05) is 50.2 Å². The number of hydrogen-bond donors (Lipinski definition) is 0. The number of piperidine rings is 1. The molecule has 2 aliphatic rings. The predicted octanol–water partition coefficient (Wildman–Crippen LogP) is 6.74. The number of fused-ring (bicyclic) bond motifs is 1. The number of rotatable bonds is 8. The topological polar surface area (TPSA) is 85.8 Å². The van der Waals surface area contributed by atoms with Gasteiger partial charge in [-0.2, -0.15) is 0 Å². The second-order valence-corrected chi connectivity index (χ2v) is 13.7. The second-order valence-electron chi connectivity index (χ2n) is 11.7. The number of hydrogen-bond acceptors (Lipinski definition) is 6. The largest absolute Gasteiger partial charge is 0.487 e. The summed E-state index contributed by atoms with van der Waals surface area (Å²) in [5.41, 5.74) is 3.96. The zero-order valence-corrected chi connectivity index (χ0v) is 25.1. The summed E-state index contributed by atoms with van der Waals surface area (Å²) >= 11 is 0. The van der Waals surface area contributed by atoms with Crippen LogP contribution < -0.4 is 4.74 Å². The van der Waals surface area contributed by atoms with E-state index in [1.54, 1.807) is 24.4 Å². The highest BCUT2D eigenvalue weighted by Gasteiger charge is 2.41. The Morgan fingerprint density at radius 3 is 2.34 bits per heavy atom. The summed E-state index contributed by atoms with van der Waals surface area (Å²) in [6, 6.07) is 19.3. The van der Waals surface area contributed by atoms with Crippen molar-refractivity contribution in [3.8, 4) is 16.9 Å². The molecule has 0 radical (unpaired) electrons. The molecule has 2 aliphatic heterocycles. The molecule has 0 aliphatic carbocycles. The van der Waals surface area contributed by atoms with Crippen molar-refractivity contribution in [2.75, 3.05) is 13.1 Å². The average Bonchev–Trinajstić information content (AvgIpc) is 2.97. The number of benzene rings is 2. The molecule has 1 saturated heterocycles. The molecule has 218 valence electrons. The van der Waals surface area contributed by atoms with Gasteiger partial charge in [0, 0.05) is 32.1 Å². The van der Waals surface area contributed by atoms with E-state index >= 15 is 0 Å². The highest BCUT2D eigenvalue weighted by molar-refractivity contribution is 7.89. The van der Waals surface area contributed by atoms with Crippen LogP contribution in [0.4, 0.5) is 4.79 Å². The first-order valence-corrected chi connectivity index (χ1v) is 16.4. The minimum atomic E-state index is -3.32. The minimum absolute atomic E-state index is 0.0182. The normalized spacial score (nSPS) is 16.6. The monoisotopic (exact) mass is 576 g/mol. The van der Waals surface area contributed by atoms with E-state index < -0.39 is 15.4 Å². The SMILES string of the molecule is CCC(C)(CC)OC(=O)N1CCC2(CCc3cc(-c4ccc(CS(=O)(=O)Cc5ccccn5)cc4)ccc3O2)CC1. The first kappa shape index (κ1) is 29.1. The number of aromatic nitrogens is 1. The van der Waals surface area contributed by atoms with Gasteiger partial charge in [0.1, 0.15) is 17.0 Å². The number of nitrogens with zero attached hydrogens (tertiary/aromatic N) is 2. The number of ether oxygens (including phenoxy) is 2. The Hall–Kier alpha value is -3.39. The molecule has 8 heteroatoms. The molecule has 1 amide bonds. The van der Waals surface area contributed by atoms with Crippen LogP contribution in [0, 0.1) is 0 Å². The van der Waals surface area contributed by atoms with Crippen molar-refractivity contribution in [3.05, 3.63) is 83.7 Å². The fourth-order valence-electron chi connectivity index (χ4n) is 5.63. The molecular weight excluding hydrogens is 536 g/mol. The Morgan fingerprint density at radius 1 is 0.976 bits per heavy atom. The first-order chi connectivity index (χ1) is 19.6. The summed E-state index contributed by atoms with van der Waals surface area (Å²) < 4.78 is 37.8. The molecule has 3 aromatic rings. The van der Waals surface area contributed by atoms with Crippen LogP contribution in [0.1, 0.15) is 69.7 Å². The van der Waals surface area contributed by atoms with Crippen LogP contribution in [0.2, 0.25) is 0 Å². The summed E-state index contributed by atoms with van der Waals surface area (Å²) in [5.74, 6) is 0.828. The Labute approximate surface area is 243 Å². The maximum absolute atomic E-state index is 12.8. The predicted molar refractivity (Wildman–Crippen MR) is 160 cm³/mol. The molecule has 0 atom stereocenters. The van der Waals surface area contributed by atoms with Crippen molar-refractivity contribution < 1.29 is 22.7 Å². The summed E-state index contributed by atoms with van der Waals surface area (Å²) in [4.78, 5) is 18.7. The Kier molecular flexibility index (Phi) is 8.41. The number of aryl methyl sites for hydroxylation is 1. The fraction of sp³-hybridized carbons (Fsp3) is 0.455. The lowest BCUT2D eigenvalue weighted by molar-refractivity contribution is -0.0367. The zero-order chi connectivity index (χ0) is 29.1. The second kappa shape index (κ2) is 11.8. The fourth-order valence-corrected chi connectivity index (χ4v) is 7.05. The van der Waals surface area contributed by atoms with Crippen LogP contribution >= 0.6 is 0 Å². The lowest BCUT2D eigenvalue weighted by Gasteiger charge is -2.44. The standard InChI is InChI=1S/C33H40N2O5S/c1-4-32(3,5-2)40-31(36)35-20-17-33(18-21-35)16-15-28-22-27(13-14-30(28)39-33)26-11-9-25(10-12-26)23-41(37,38)24-29-8-6-7-19-34-29/h6-14,19,22H,4-5,15-18,20-21,23-24H2,1-3H3. The molecule has 1 spiro atoms. The summed E-state index contributed by atoms with van der Waals surface area (Å²) in [5, 5.41) is 0. The van der Waals surface area contributed by atoms with Gasteiger partial charge in [-0.25, -0.2) is 13.2 Å². The van der Waals surface area contributed by atoms with E-state index in [1.165, 1.54) is 5.56 Å². The molecule has 5 rings (SSSR count). The molecule has 1 fully saturated rings. The van der Waals surface area contributed by atoms with E-state index in [0.29, 0.717) is 18.8 Å². The van der Waals surface area contributed by atoms with Gasteiger partial charge >= 0.3 is 6.09 Å². The van der Waals surface area contributed by atoms with Crippen LogP contribution in [-0.4, -0.2) is 48.7 Å². The summed E-state index contributed by atoms with van der Waals surface area (Å²) in [7, 11) is -3.32. The van der Waals surface area contributed by atoms with Crippen molar-refractivity contribution in [2.24, 2.45) is 0 Å². The third-order valence-electron chi connectivity index (χ3n) is 8.77. The number of carbonyl (C=O) groups excluding carboxylic acids is 1. The third-order valence-corrected chi connectivity index (χ3v) is 10.3. The van der Waals surface area contributed by atoms with Crippen LogP contribution in [0.3, 0.4) is 0 Å². The van der Waals surface area contributed by atoms with E-state index in [0.717, 1.165) is 61.0 Å². The number of sulfone groups is 1. The average molecular weight is 577 g/mol. The molecular formula is C33H40N2O5S. The highest BCUT2D eigenvalue weighted by Crippen LogP contribution is 2.41. The van der Waals surface area contributed by atoms with Crippen molar-refractivity contribution in [1.29, 1.82) is 0 Å². The zero-order valence-electron chi connectivity index (χ0n) is 24.3. The minimum Gasteiger partial charge on any atom is -0.487 e. The molecule has 2 aromatic carbocycles. The van der Waals surface area contributed by atoms with Crippen molar-refractivity contribution >= 4 is 15.9 Å². The van der Waals surface area contributed by atoms with Gasteiger partial charge in [0.15, 0.2) is 9.84 Å². The molecule has 7 nitrogen and oxygen atoms in total. The summed E-state index contributed by atoms with van der Waals surface area (Å²) in [6.45, 7) is 7.37. The molecule has 1 aromatic heterocycles. The van der Waals surface area contributed by atoms with Crippen molar-refractivity contribution in [1.82, 2.24) is 9.88 Å². The van der Waals surface area contributed by atoms with Crippen LogP contribution in [0.5, 0.6) is 5.75 Å². The number of amides is 1. The van der Waals surface area contributed by atoms with Gasteiger partial charge in [-0.05, 0) is 79.1 Å². The first-order valence-electron chi connectivity index (χ1n) is 14.6. The number of carbonyl (C=O) groups is 1. The number of pyridine rings is 1. The van der Waals surface area contributed by atoms with Gasteiger partial charge < -0.3 is 14.4 Å². The molecule has 0 unspecified atom stereocenters. The van der Waals surface area contributed by atoms with Crippen molar-refractivity contribution in [3.63, 3.8) is 0 Å². The molecule has 0 bridgehead atoms. The quantitative estimate of drug-likeness (QED) is 0.295. The van der Waals surface area contributed by atoms with Gasteiger partial charge in [0.25, 0.3) is 0 Å². The Bertz CT molecular complexity index is 1460. The lowest BCUT2D eigenvalue weighted by atomic mass is 9.82. The Balaban J connectivity index is 1.19. The van der Waals surface area contributed by atoms with E-state index in [2.05, 4.69) is 31.0 Å². The molecule has 3 heterocycles. The maximum Gasteiger partial charge on any atom is 0.410 e. The molecule has 0 N–H and O–H groups in total. The number of likely N-dealkylation sites (tertiary alicyclic amines) is 1.